The zero-order chi connectivity index (χ0) is 20.9. The monoisotopic (exact) mass is 399 g/mol. The number of rotatable bonds is 6. The van der Waals surface area contributed by atoms with Gasteiger partial charge in [-0.3, -0.25) is 9.78 Å². The fourth-order valence-corrected chi connectivity index (χ4v) is 3.00. The fraction of sp³-hybridized carbons (Fsp3) is 0.125. The van der Waals surface area contributed by atoms with Gasteiger partial charge in [0.25, 0.3) is 5.91 Å². The molecule has 0 spiro atoms. The summed E-state index contributed by atoms with van der Waals surface area (Å²) in [5.74, 6) is 1.03. The van der Waals surface area contributed by atoms with Crippen molar-refractivity contribution in [3.63, 3.8) is 0 Å². The largest absolute Gasteiger partial charge is 0.497 e. The van der Waals surface area contributed by atoms with Crippen LogP contribution in [0.4, 0.5) is 5.69 Å². The van der Waals surface area contributed by atoms with Gasteiger partial charge >= 0.3 is 0 Å². The highest BCUT2D eigenvalue weighted by Crippen LogP contribution is 2.23. The molecule has 4 aromatic rings. The first-order valence-electron chi connectivity index (χ1n) is 9.56. The van der Waals surface area contributed by atoms with Crippen molar-refractivity contribution in [3.05, 3.63) is 79.0 Å². The summed E-state index contributed by atoms with van der Waals surface area (Å²) in [5, 5.41) is 2.83. The van der Waals surface area contributed by atoms with Crippen LogP contribution in [0.2, 0.25) is 0 Å². The predicted octanol–water partition coefficient (Wildman–Crippen LogP) is 4.71. The van der Waals surface area contributed by atoms with Gasteiger partial charge in [0.2, 0.25) is 0 Å². The van der Waals surface area contributed by atoms with Crippen molar-refractivity contribution in [3.8, 4) is 22.8 Å². The van der Waals surface area contributed by atoms with Crippen LogP contribution in [-0.2, 0) is 4.79 Å². The van der Waals surface area contributed by atoms with E-state index in [-0.39, 0.29) is 5.91 Å². The highest BCUT2D eigenvalue weighted by Gasteiger charge is 2.15. The molecule has 1 amide bonds. The molecule has 0 bridgehead atoms. The Labute approximate surface area is 174 Å². The highest BCUT2D eigenvalue weighted by molar-refractivity contribution is 5.94. The Kier molecular flexibility index (Phi) is 5.57. The minimum atomic E-state index is -0.664. The zero-order valence-corrected chi connectivity index (χ0v) is 16.7. The minimum absolute atomic E-state index is 0.243. The predicted molar refractivity (Wildman–Crippen MR) is 117 cm³/mol. The lowest BCUT2D eigenvalue weighted by Crippen LogP contribution is -2.30. The molecule has 0 fully saturated rings. The van der Waals surface area contributed by atoms with E-state index in [0.717, 1.165) is 22.3 Å². The summed E-state index contributed by atoms with van der Waals surface area (Å²) in [4.78, 5) is 21.5. The molecule has 4 rings (SSSR count). The van der Waals surface area contributed by atoms with Crippen molar-refractivity contribution in [2.75, 3.05) is 12.4 Å². The number of carbonyl (C=O) groups is 1. The average Bonchev–Trinajstić information content (AvgIpc) is 2.79. The molecule has 0 radical (unpaired) electrons. The quantitative estimate of drug-likeness (QED) is 0.508. The number of nitrogens with zero attached hydrogens (tertiary/aromatic N) is 2. The lowest BCUT2D eigenvalue weighted by Gasteiger charge is -2.15. The lowest BCUT2D eigenvalue weighted by molar-refractivity contribution is -0.122. The zero-order valence-electron chi connectivity index (χ0n) is 16.7. The van der Waals surface area contributed by atoms with Gasteiger partial charge < -0.3 is 14.8 Å². The first kappa shape index (κ1) is 19.4. The number of para-hydroxylation sites is 2. The Hall–Kier alpha value is -3.93. The van der Waals surface area contributed by atoms with Gasteiger partial charge in [0.05, 0.1) is 30.0 Å². The number of fused-ring (bicyclic) bond motifs is 1. The second-order valence-electron chi connectivity index (χ2n) is 6.75. The van der Waals surface area contributed by atoms with Crippen LogP contribution >= 0.6 is 0 Å². The molecular weight excluding hydrogens is 378 g/mol. The molecule has 0 aliphatic heterocycles. The number of benzene rings is 3. The maximum Gasteiger partial charge on any atom is 0.265 e. The highest BCUT2D eigenvalue weighted by atomic mass is 16.5. The van der Waals surface area contributed by atoms with E-state index in [1.807, 2.05) is 60.7 Å². The Morgan fingerprint density at radius 1 is 0.933 bits per heavy atom. The summed E-state index contributed by atoms with van der Waals surface area (Å²) >= 11 is 0. The molecule has 0 aliphatic rings. The van der Waals surface area contributed by atoms with E-state index in [0.29, 0.717) is 17.2 Å². The van der Waals surface area contributed by atoms with Crippen molar-refractivity contribution in [2.24, 2.45) is 0 Å². The molecule has 150 valence electrons. The molecule has 1 N–H and O–H groups in total. The van der Waals surface area contributed by atoms with E-state index < -0.39 is 6.10 Å². The number of aromatic nitrogens is 2. The van der Waals surface area contributed by atoms with Crippen LogP contribution in [0.15, 0.2) is 79.0 Å². The van der Waals surface area contributed by atoms with Crippen LogP contribution in [0, 0.1) is 0 Å². The number of amides is 1. The Morgan fingerprint density at radius 2 is 1.70 bits per heavy atom. The third-order valence-electron chi connectivity index (χ3n) is 4.62. The molecule has 6 heteroatoms. The molecule has 0 aliphatic carbocycles. The minimum Gasteiger partial charge on any atom is -0.497 e. The van der Waals surface area contributed by atoms with Crippen molar-refractivity contribution in [1.29, 1.82) is 0 Å². The van der Waals surface area contributed by atoms with Gasteiger partial charge in [-0.2, -0.15) is 0 Å². The SMILES string of the molecule is COc1cccc(NC(=O)[C@H](C)Oc2ccc(-c3cnc4ccccc4n3)cc2)c1. The van der Waals surface area contributed by atoms with Gasteiger partial charge in [-0.1, -0.05) is 18.2 Å². The van der Waals surface area contributed by atoms with Crippen molar-refractivity contribution < 1.29 is 14.3 Å². The Bertz CT molecular complexity index is 1180. The normalized spacial score (nSPS) is 11.7. The molecular formula is C24H21N3O3. The van der Waals surface area contributed by atoms with Crippen molar-refractivity contribution in [2.45, 2.75) is 13.0 Å². The third kappa shape index (κ3) is 4.38. The van der Waals surface area contributed by atoms with Crippen LogP contribution in [0.25, 0.3) is 22.3 Å². The fourth-order valence-electron chi connectivity index (χ4n) is 3.00. The summed E-state index contributed by atoms with van der Waals surface area (Å²) in [6.07, 6.45) is 1.09. The molecule has 0 unspecified atom stereocenters. The Balaban J connectivity index is 1.42. The van der Waals surface area contributed by atoms with Gasteiger partial charge in [0, 0.05) is 17.3 Å². The van der Waals surface area contributed by atoms with Gasteiger partial charge in [0.1, 0.15) is 11.5 Å². The first-order valence-corrected chi connectivity index (χ1v) is 9.56. The van der Waals surface area contributed by atoms with E-state index in [9.17, 15) is 4.79 Å². The number of anilines is 1. The lowest BCUT2D eigenvalue weighted by atomic mass is 10.1. The van der Waals surface area contributed by atoms with Gasteiger partial charge in [0.15, 0.2) is 6.10 Å². The Morgan fingerprint density at radius 3 is 2.47 bits per heavy atom. The smallest absolute Gasteiger partial charge is 0.265 e. The van der Waals surface area contributed by atoms with Crippen LogP contribution in [0.3, 0.4) is 0 Å². The maximum absolute atomic E-state index is 12.4. The number of carbonyl (C=O) groups excluding carboxylic acids is 1. The van der Waals surface area contributed by atoms with Gasteiger partial charge in [-0.15, -0.1) is 0 Å². The van der Waals surface area contributed by atoms with Gasteiger partial charge in [-0.05, 0) is 55.5 Å². The van der Waals surface area contributed by atoms with E-state index >= 15 is 0 Å². The van der Waals surface area contributed by atoms with Crippen LogP contribution < -0.4 is 14.8 Å². The molecule has 1 atom stereocenters. The molecule has 1 aromatic heterocycles. The van der Waals surface area contributed by atoms with Crippen molar-refractivity contribution >= 4 is 22.6 Å². The summed E-state index contributed by atoms with van der Waals surface area (Å²) in [7, 11) is 1.58. The van der Waals surface area contributed by atoms with Crippen LogP contribution in [0.1, 0.15) is 6.92 Å². The van der Waals surface area contributed by atoms with Crippen LogP contribution in [0.5, 0.6) is 11.5 Å². The second-order valence-corrected chi connectivity index (χ2v) is 6.75. The number of methoxy groups -OCH3 is 1. The molecule has 3 aromatic carbocycles. The van der Waals surface area contributed by atoms with Crippen LogP contribution in [-0.4, -0.2) is 29.1 Å². The topological polar surface area (TPSA) is 73.3 Å². The van der Waals surface area contributed by atoms with E-state index in [1.165, 1.54) is 0 Å². The van der Waals surface area contributed by atoms with E-state index in [1.54, 1.807) is 32.4 Å². The summed E-state index contributed by atoms with van der Waals surface area (Å²) in [5.41, 5.74) is 4.06. The number of ether oxygens (including phenoxy) is 2. The first-order chi connectivity index (χ1) is 14.6. The second kappa shape index (κ2) is 8.61. The third-order valence-corrected chi connectivity index (χ3v) is 4.62. The van der Waals surface area contributed by atoms with E-state index in [4.69, 9.17) is 9.47 Å². The molecule has 6 nitrogen and oxygen atoms in total. The molecule has 1 heterocycles. The summed E-state index contributed by atoms with van der Waals surface area (Å²) in [6, 6.07) is 22.4. The number of hydrogen-bond donors (Lipinski definition) is 1. The average molecular weight is 399 g/mol. The standard InChI is InChI=1S/C24H21N3O3/c1-16(24(28)26-18-6-5-7-20(14-18)29-2)30-19-12-10-17(11-13-19)23-15-25-21-8-3-4-9-22(21)27-23/h3-16H,1-2H3,(H,26,28)/t16-/m0/s1. The summed E-state index contributed by atoms with van der Waals surface area (Å²) in [6.45, 7) is 1.71. The van der Waals surface area contributed by atoms with Crippen molar-refractivity contribution in [1.82, 2.24) is 9.97 Å². The molecule has 30 heavy (non-hydrogen) atoms. The number of hydrogen-bond acceptors (Lipinski definition) is 5. The van der Waals surface area contributed by atoms with E-state index in [2.05, 4.69) is 15.3 Å². The van der Waals surface area contributed by atoms with Gasteiger partial charge in [-0.25, -0.2) is 4.98 Å². The molecule has 0 saturated carbocycles. The summed E-state index contributed by atoms with van der Waals surface area (Å²) < 4.78 is 11.0. The maximum atomic E-state index is 12.4. The number of nitrogens with one attached hydrogen (secondary N) is 1. The molecule has 0 saturated heterocycles.